The first-order valence-corrected chi connectivity index (χ1v) is 11.6. The molecule has 1 aliphatic rings. The van der Waals surface area contributed by atoms with Gasteiger partial charge in [-0.05, 0) is 54.6 Å². The number of aromatic amines is 1. The normalized spacial score (nSPS) is 15.1. The maximum atomic E-state index is 12.9. The van der Waals surface area contributed by atoms with E-state index in [2.05, 4.69) is 19.6 Å². The first-order chi connectivity index (χ1) is 16.6. The summed E-state index contributed by atoms with van der Waals surface area (Å²) in [4.78, 5) is 26.1. The molecule has 0 bridgehead atoms. The molecule has 0 spiro atoms. The Balaban J connectivity index is 1.63. The van der Waals surface area contributed by atoms with Crippen LogP contribution in [0.4, 0.5) is 11.5 Å². The van der Waals surface area contributed by atoms with Crippen molar-refractivity contribution < 1.29 is 32.4 Å². The molecule has 2 heterocycles. The summed E-state index contributed by atoms with van der Waals surface area (Å²) < 4.78 is 36.9. The number of carbonyl (C=O) groups is 1. The molecule has 0 radical (unpaired) electrons. The lowest BCUT2D eigenvalue weighted by Crippen LogP contribution is -2.23. The second kappa shape index (κ2) is 9.37. The van der Waals surface area contributed by atoms with Gasteiger partial charge in [0.15, 0.2) is 5.84 Å². The summed E-state index contributed by atoms with van der Waals surface area (Å²) in [6.07, 6.45) is 1.20. The molecule has 14 nitrogen and oxygen atoms in total. The van der Waals surface area contributed by atoms with Crippen LogP contribution >= 0.6 is 12.0 Å². The van der Waals surface area contributed by atoms with Gasteiger partial charge in [0.25, 0.3) is 21.6 Å². The van der Waals surface area contributed by atoms with Gasteiger partial charge >= 0.3 is 0 Å². The van der Waals surface area contributed by atoms with Crippen molar-refractivity contribution in [2.24, 2.45) is 10.8 Å². The molecule has 0 saturated carbocycles. The van der Waals surface area contributed by atoms with Crippen LogP contribution in [0.15, 0.2) is 73.8 Å². The summed E-state index contributed by atoms with van der Waals surface area (Å²) in [7, 11) is -4.40. The highest BCUT2D eigenvalue weighted by Crippen LogP contribution is 2.27. The molecule has 1 amide bonds. The van der Waals surface area contributed by atoms with Crippen molar-refractivity contribution in [3.05, 3.63) is 70.0 Å². The SMILES string of the molecule is NC1=NN(c2ccc(SOOO)cc2)C(=O)C1=Cc1c(N)[nH]n(-c2ccc(S(=O)(=O)O)cc2)c1=O. The van der Waals surface area contributed by atoms with Crippen molar-refractivity contribution in [1.29, 1.82) is 0 Å². The number of aromatic nitrogens is 2. The van der Waals surface area contributed by atoms with Gasteiger partial charge in [0.2, 0.25) is 0 Å². The van der Waals surface area contributed by atoms with Gasteiger partial charge in [0.1, 0.15) is 5.82 Å². The van der Waals surface area contributed by atoms with E-state index in [0.717, 1.165) is 33.9 Å². The van der Waals surface area contributed by atoms with Crippen LogP contribution in [0.5, 0.6) is 0 Å². The van der Waals surface area contributed by atoms with Crippen LogP contribution in [0.25, 0.3) is 11.8 Å². The van der Waals surface area contributed by atoms with Crippen LogP contribution in [0.1, 0.15) is 5.56 Å². The molecule has 35 heavy (non-hydrogen) atoms. The van der Waals surface area contributed by atoms with E-state index in [4.69, 9.17) is 21.3 Å². The minimum absolute atomic E-state index is 0.0693. The Morgan fingerprint density at radius 2 is 1.66 bits per heavy atom. The second-order valence-electron chi connectivity index (χ2n) is 6.93. The summed E-state index contributed by atoms with van der Waals surface area (Å²) in [6, 6.07) is 11.1. The number of nitrogens with zero attached hydrogens (tertiary/aromatic N) is 3. The van der Waals surface area contributed by atoms with Crippen LogP contribution in [0.3, 0.4) is 0 Å². The predicted molar refractivity (Wildman–Crippen MR) is 125 cm³/mol. The average Bonchev–Trinajstić information content (AvgIpc) is 3.27. The van der Waals surface area contributed by atoms with Crippen molar-refractivity contribution in [1.82, 2.24) is 9.78 Å². The zero-order valence-corrected chi connectivity index (χ0v) is 19.0. The first-order valence-electron chi connectivity index (χ1n) is 9.44. The van der Waals surface area contributed by atoms with Crippen LogP contribution in [-0.4, -0.2) is 39.8 Å². The van der Waals surface area contributed by atoms with E-state index >= 15 is 0 Å². The molecule has 0 fully saturated rings. The molecule has 0 unspecified atom stereocenters. The number of benzene rings is 2. The van der Waals surface area contributed by atoms with Gasteiger partial charge in [-0.3, -0.25) is 19.2 Å². The van der Waals surface area contributed by atoms with Gasteiger partial charge < -0.3 is 11.5 Å². The summed E-state index contributed by atoms with van der Waals surface area (Å²) in [5.74, 6) is -0.829. The van der Waals surface area contributed by atoms with Crippen molar-refractivity contribution in [3.63, 3.8) is 0 Å². The highest BCUT2D eigenvalue weighted by atomic mass is 32.2. The lowest BCUT2D eigenvalue weighted by molar-refractivity contribution is -0.432. The van der Waals surface area contributed by atoms with Crippen LogP contribution in [0.2, 0.25) is 0 Å². The zero-order valence-electron chi connectivity index (χ0n) is 17.4. The largest absolute Gasteiger partial charge is 0.383 e. The van der Waals surface area contributed by atoms with E-state index in [1.54, 1.807) is 24.3 Å². The smallest absolute Gasteiger partial charge is 0.294 e. The minimum Gasteiger partial charge on any atom is -0.383 e. The van der Waals surface area contributed by atoms with E-state index in [1.165, 1.54) is 18.2 Å². The average molecular weight is 521 g/mol. The van der Waals surface area contributed by atoms with Gasteiger partial charge in [-0.25, -0.2) is 9.94 Å². The molecular formula is C19H16N6O8S2. The number of nitrogens with one attached hydrogen (secondary N) is 1. The zero-order chi connectivity index (χ0) is 25.3. The van der Waals surface area contributed by atoms with Gasteiger partial charge in [0.05, 0.1) is 39.4 Å². The third-order valence-corrected chi connectivity index (χ3v) is 6.25. The fourth-order valence-electron chi connectivity index (χ4n) is 3.14. The number of anilines is 2. The summed E-state index contributed by atoms with van der Waals surface area (Å²) >= 11 is 0.737. The molecule has 4 rings (SSSR count). The third kappa shape index (κ3) is 4.83. The van der Waals surface area contributed by atoms with Gasteiger partial charge in [-0.15, -0.1) is 9.44 Å². The summed E-state index contributed by atoms with van der Waals surface area (Å²) in [6.45, 7) is 0. The Morgan fingerprint density at radius 3 is 2.26 bits per heavy atom. The number of rotatable bonds is 7. The number of amides is 1. The minimum atomic E-state index is -4.40. The Hall–Kier alpha value is -3.93. The Kier molecular flexibility index (Phi) is 6.48. The number of hydrogen-bond acceptors (Lipinski definition) is 11. The molecule has 1 aromatic heterocycles. The topological polar surface area (TPSA) is 216 Å². The van der Waals surface area contributed by atoms with Gasteiger partial charge in [-0.1, -0.05) is 5.04 Å². The van der Waals surface area contributed by atoms with E-state index in [1.807, 2.05) is 0 Å². The third-order valence-electron chi connectivity index (χ3n) is 4.79. The number of hydrazone groups is 1. The lowest BCUT2D eigenvalue weighted by Gasteiger charge is -2.11. The molecular weight excluding hydrogens is 504 g/mol. The maximum absolute atomic E-state index is 12.9. The molecule has 182 valence electrons. The van der Waals surface area contributed by atoms with Crippen LogP contribution in [0, 0.1) is 0 Å². The van der Waals surface area contributed by atoms with Crippen molar-refractivity contribution in [2.45, 2.75) is 9.79 Å². The Morgan fingerprint density at radius 1 is 1.03 bits per heavy atom. The number of carbonyl (C=O) groups excluding carboxylic acids is 1. The molecule has 1 aliphatic heterocycles. The number of H-pyrrole nitrogens is 1. The van der Waals surface area contributed by atoms with Crippen molar-refractivity contribution in [3.8, 4) is 5.69 Å². The van der Waals surface area contributed by atoms with Crippen LogP contribution in [-0.2, 0) is 24.3 Å². The maximum Gasteiger partial charge on any atom is 0.294 e. The molecule has 2 aromatic carbocycles. The van der Waals surface area contributed by atoms with Crippen molar-refractivity contribution in [2.75, 3.05) is 10.7 Å². The quantitative estimate of drug-likeness (QED) is 0.0978. The lowest BCUT2D eigenvalue weighted by atomic mass is 10.1. The van der Waals surface area contributed by atoms with E-state index in [9.17, 15) is 18.0 Å². The fraction of sp³-hybridized carbons (Fsp3) is 0. The highest BCUT2D eigenvalue weighted by Gasteiger charge is 2.30. The van der Waals surface area contributed by atoms with Gasteiger partial charge in [-0.2, -0.15) is 13.4 Å². The first kappa shape index (κ1) is 24.2. The summed E-state index contributed by atoms with van der Waals surface area (Å²) in [5.41, 5.74) is 11.7. The highest BCUT2D eigenvalue weighted by molar-refractivity contribution is 7.94. The van der Waals surface area contributed by atoms with Crippen molar-refractivity contribution >= 4 is 51.5 Å². The van der Waals surface area contributed by atoms with E-state index in [-0.39, 0.29) is 33.4 Å². The number of nitrogen functional groups attached to an aromatic ring is 1. The van der Waals surface area contributed by atoms with Gasteiger partial charge in [0, 0.05) is 4.90 Å². The summed E-state index contributed by atoms with van der Waals surface area (Å²) in [5, 5.41) is 19.4. The number of amidine groups is 1. The van der Waals surface area contributed by atoms with E-state index in [0.29, 0.717) is 10.6 Å². The van der Waals surface area contributed by atoms with E-state index < -0.39 is 21.6 Å². The predicted octanol–water partition coefficient (Wildman–Crippen LogP) is 1.13. The molecule has 0 saturated heterocycles. The number of hydrogen-bond donors (Lipinski definition) is 5. The fourth-order valence-corrected chi connectivity index (χ4v) is 3.97. The molecule has 16 heteroatoms. The van der Waals surface area contributed by atoms with Crippen LogP contribution < -0.4 is 22.0 Å². The molecule has 7 N–H and O–H groups in total. The molecule has 0 atom stereocenters. The molecule has 3 aromatic rings. The molecule has 0 aliphatic carbocycles. The monoisotopic (exact) mass is 520 g/mol. The number of nitrogens with two attached hydrogens (primary N) is 2. The standard InChI is InChI=1S/C19H16N6O8S2/c20-16-14(18(26)24(22-16)10-1-5-12(6-2-10)34-33-32-28)9-15-17(21)23-25(19(15)27)11-3-7-13(8-4-11)35(29,30)31/h1-9,23,28H,21H2,(H2,20,22)(H,29,30,31). The Labute approximate surface area is 200 Å². The Bertz CT molecular complexity index is 1510. The second-order valence-corrected chi connectivity index (χ2v) is 9.12.